The molecular weight excluding hydrogens is 288 g/mol. The summed E-state index contributed by atoms with van der Waals surface area (Å²) in [6.45, 7) is 4.33. The second-order valence-corrected chi connectivity index (χ2v) is 8.18. The van der Waals surface area contributed by atoms with E-state index >= 15 is 0 Å². The van der Waals surface area contributed by atoms with Crippen LogP contribution in [0, 0.1) is 12.8 Å². The molecule has 2 heterocycles. The zero-order valence-electron chi connectivity index (χ0n) is 12.1. The van der Waals surface area contributed by atoms with Crippen molar-refractivity contribution in [1.82, 2.24) is 4.31 Å². The van der Waals surface area contributed by atoms with Gasteiger partial charge in [-0.25, -0.2) is 8.42 Å². The Morgan fingerprint density at radius 2 is 1.95 bits per heavy atom. The normalized spacial score (nSPS) is 30.1. The van der Waals surface area contributed by atoms with Gasteiger partial charge in [-0.1, -0.05) is 22.9 Å². The summed E-state index contributed by atoms with van der Waals surface area (Å²) in [4.78, 5) is 5.89. The monoisotopic (exact) mass is 306 g/mol. The number of hydrogen-bond acceptors (Lipinski definition) is 4. The molecule has 2 aliphatic heterocycles. The molecule has 1 unspecified atom stereocenters. The van der Waals surface area contributed by atoms with Crippen molar-refractivity contribution in [2.45, 2.75) is 43.2 Å². The van der Waals surface area contributed by atoms with E-state index in [2.05, 4.69) is 5.16 Å². The predicted molar refractivity (Wildman–Crippen MR) is 78.5 cm³/mol. The molecule has 0 aromatic heterocycles. The fraction of sp³-hybridized carbons (Fsp3) is 0.533. The zero-order chi connectivity index (χ0) is 14.8. The number of rotatable bonds is 2. The van der Waals surface area contributed by atoms with E-state index < -0.39 is 10.0 Å². The number of aryl methyl sites for hydroxylation is 1. The van der Waals surface area contributed by atoms with E-state index in [1.165, 1.54) is 0 Å². The lowest BCUT2D eigenvalue weighted by atomic mass is 9.96. The van der Waals surface area contributed by atoms with Crippen LogP contribution in [0.25, 0.3) is 0 Å². The van der Waals surface area contributed by atoms with Crippen molar-refractivity contribution in [1.29, 1.82) is 0 Å². The molecule has 4 rings (SSSR count). The van der Waals surface area contributed by atoms with Gasteiger partial charge in [-0.05, 0) is 38.8 Å². The van der Waals surface area contributed by atoms with Gasteiger partial charge in [0, 0.05) is 6.54 Å². The number of sulfonamides is 1. The Labute approximate surface area is 124 Å². The quantitative estimate of drug-likeness (QED) is 0.839. The minimum Gasteiger partial charge on any atom is -0.388 e. The largest absolute Gasteiger partial charge is 0.388 e. The first-order chi connectivity index (χ1) is 9.94. The Hall–Kier alpha value is -1.40. The Balaban J connectivity index is 1.69. The molecule has 112 valence electrons. The number of oxime groups is 1. The molecular formula is C15H18N2O3S. The lowest BCUT2D eigenvalue weighted by molar-refractivity contribution is 0.0361. The fourth-order valence-electron chi connectivity index (χ4n) is 3.37. The van der Waals surface area contributed by atoms with Gasteiger partial charge < -0.3 is 4.84 Å². The van der Waals surface area contributed by atoms with Gasteiger partial charge in [0.1, 0.15) is 5.60 Å². The Morgan fingerprint density at radius 1 is 1.29 bits per heavy atom. The summed E-state index contributed by atoms with van der Waals surface area (Å²) in [5.41, 5.74) is 1.75. The minimum atomic E-state index is -3.47. The molecule has 5 nitrogen and oxygen atoms in total. The number of hydrogen-bond donors (Lipinski definition) is 0. The molecule has 2 atom stereocenters. The van der Waals surface area contributed by atoms with Crippen LogP contribution in [-0.2, 0) is 14.9 Å². The lowest BCUT2D eigenvalue weighted by Gasteiger charge is -2.22. The van der Waals surface area contributed by atoms with E-state index in [-0.39, 0.29) is 17.6 Å². The predicted octanol–water partition coefficient (Wildman–Crippen LogP) is 1.92. The van der Waals surface area contributed by atoms with Crippen molar-refractivity contribution >= 4 is 15.7 Å². The summed E-state index contributed by atoms with van der Waals surface area (Å²) in [5, 5.41) is 4.18. The molecule has 1 saturated heterocycles. The van der Waals surface area contributed by atoms with Gasteiger partial charge in [-0.3, -0.25) is 0 Å². The van der Waals surface area contributed by atoms with Crippen LogP contribution in [0.5, 0.6) is 0 Å². The van der Waals surface area contributed by atoms with Gasteiger partial charge in [-0.2, -0.15) is 4.31 Å². The second kappa shape index (κ2) is 4.08. The number of fused-ring (bicyclic) bond motifs is 2. The highest BCUT2D eigenvalue weighted by Crippen LogP contribution is 2.53. The van der Waals surface area contributed by atoms with E-state index in [0.29, 0.717) is 11.4 Å². The van der Waals surface area contributed by atoms with Gasteiger partial charge >= 0.3 is 0 Å². The van der Waals surface area contributed by atoms with Crippen molar-refractivity contribution in [2.75, 3.05) is 6.54 Å². The Morgan fingerprint density at radius 3 is 2.57 bits per heavy atom. The van der Waals surface area contributed by atoms with Crippen LogP contribution in [-0.4, -0.2) is 36.6 Å². The highest BCUT2D eigenvalue weighted by atomic mass is 32.2. The van der Waals surface area contributed by atoms with Crippen molar-refractivity contribution in [3.63, 3.8) is 0 Å². The highest BCUT2D eigenvalue weighted by Gasteiger charge is 2.63. The van der Waals surface area contributed by atoms with Crippen LogP contribution in [0.1, 0.15) is 25.3 Å². The first kappa shape index (κ1) is 13.3. The molecule has 0 radical (unpaired) electrons. The third-order valence-corrected chi connectivity index (χ3v) is 6.87. The molecule has 1 aromatic carbocycles. The van der Waals surface area contributed by atoms with E-state index in [4.69, 9.17) is 4.84 Å². The standard InChI is InChI=1S/C15H18N2O3S/c1-10-3-5-12(6-4-10)21(18,19)17-9-13-14(11(17)2)16-20-15(13)7-8-15/h3-6,11,13H,7-9H2,1-2H3/t11-,13?/m0/s1. The molecule has 6 heteroatoms. The van der Waals surface area contributed by atoms with Gasteiger partial charge in [0.05, 0.1) is 22.6 Å². The van der Waals surface area contributed by atoms with Crippen LogP contribution < -0.4 is 0 Å². The van der Waals surface area contributed by atoms with Gasteiger partial charge in [-0.15, -0.1) is 0 Å². The maximum Gasteiger partial charge on any atom is 0.243 e. The summed E-state index contributed by atoms with van der Waals surface area (Å²) in [5.74, 6) is 0.132. The summed E-state index contributed by atoms with van der Waals surface area (Å²) in [7, 11) is -3.47. The summed E-state index contributed by atoms with van der Waals surface area (Å²) in [6.07, 6.45) is 1.96. The van der Waals surface area contributed by atoms with E-state index in [0.717, 1.165) is 24.1 Å². The van der Waals surface area contributed by atoms with Crippen LogP contribution >= 0.6 is 0 Å². The van der Waals surface area contributed by atoms with Crippen LogP contribution in [0.3, 0.4) is 0 Å². The maximum atomic E-state index is 12.8. The van der Waals surface area contributed by atoms with Crippen molar-refractivity contribution < 1.29 is 13.3 Å². The van der Waals surface area contributed by atoms with Crippen molar-refractivity contribution in [2.24, 2.45) is 11.1 Å². The molecule has 0 amide bonds. The molecule has 0 bridgehead atoms. The van der Waals surface area contributed by atoms with Crippen LogP contribution in [0.15, 0.2) is 34.3 Å². The highest BCUT2D eigenvalue weighted by molar-refractivity contribution is 7.89. The zero-order valence-corrected chi connectivity index (χ0v) is 12.9. The maximum absolute atomic E-state index is 12.8. The smallest absolute Gasteiger partial charge is 0.243 e. The Bertz CT molecular complexity index is 720. The second-order valence-electron chi connectivity index (χ2n) is 6.29. The third-order valence-electron chi connectivity index (χ3n) is 4.92. The molecule has 2 fully saturated rings. The molecule has 1 spiro atoms. The third kappa shape index (κ3) is 1.78. The van der Waals surface area contributed by atoms with Crippen molar-refractivity contribution in [3.05, 3.63) is 29.8 Å². The average molecular weight is 306 g/mol. The SMILES string of the molecule is Cc1ccc(S(=O)(=O)N2CC3C(=NOC34CC4)[C@@H]2C)cc1. The molecule has 1 aliphatic carbocycles. The van der Waals surface area contributed by atoms with E-state index in [1.807, 2.05) is 26.0 Å². The first-order valence-electron chi connectivity index (χ1n) is 7.28. The van der Waals surface area contributed by atoms with Gasteiger partial charge in [0.15, 0.2) is 0 Å². The average Bonchev–Trinajstić information content (AvgIpc) is 3.02. The van der Waals surface area contributed by atoms with Crippen LogP contribution in [0.2, 0.25) is 0 Å². The van der Waals surface area contributed by atoms with Gasteiger partial charge in [0.25, 0.3) is 0 Å². The van der Waals surface area contributed by atoms with Gasteiger partial charge in [0.2, 0.25) is 10.0 Å². The molecule has 3 aliphatic rings. The van der Waals surface area contributed by atoms with E-state index in [1.54, 1.807) is 16.4 Å². The molecule has 1 saturated carbocycles. The summed E-state index contributed by atoms with van der Waals surface area (Å²) < 4.78 is 27.3. The molecule has 1 aromatic rings. The van der Waals surface area contributed by atoms with Crippen LogP contribution in [0.4, 0.5) is 0 Å². The Kier molecular flexibility index (Phi) is 2.58. The lowest BCUT2D eigenvalue weighted by Crippen LogP contribution is -2.36. The molecule has 21 heavy (non-hydrogen) atoms. The minimum absolute atomic E-state index is 0.132. The summed E-state index contributed by atoms with van der Waals surface area (Å²) >= 11 is 0. The molecule has 0 N–H and O–H groups in total. The van der Waals surface area contributed by atoms with Crippen molar-refractivity contribution in [3.8, 4) is 0 Å². The number of benzene rings is 1. The van der Waals surface area contributed by atoms with E-state index in [9.17, 15) is 8.42 Å². The summed E-state index contributed by atoms with van der Waals surface area (Å²) in [6, 6.07) is 6.80. The fourth-order valence-corrected chi connectivity index (χ4v) is 4.99. The topological polar surface area (TPSA) is 59.0 Å². The number of nitrogens with zero attached hydrogens (tertiary/aromatic N) is 2. The first-order valence-corrected chi connectivity index (χ1v) is 8.72.